The van der Waals surface area contributed by atoms with Crippen LogP contribution in [0.1, 0.15) is 29.5 Å². The third kappa shape index (κ3) is 5.02. The van der Waals surface area contributed by atoms with Crippen molar-refractivity contribution in [1.82, 2.24) is 4.31 Å². The Morgan fingerprint density at radius 3 is 2.07 bits per heavy atom. The first kappa shape index (κ1) is 21.0. The van der Waals surface area contributed by atoms with Crippen molar-refractivity contribution in [1.29, 1.82) is 0 Å². The number of sulfonamides is 1. The van der Waals surface area contributed by atoms with Gasteiger partial charge in [-0.2, -0.15) is 4.31 Å². The molecule has 1 aliphatic heterocycles. The lowest BCUT2D eigenvalue weighted by Crippen LogP contribution is -2.40. The monoisotopic (exact) mass is 415 g/mol. The molecule has 7 nitrogen and oxygen atoms in total. The van der Waals surface area contributed by atoms with Crippen LogP contribution in [0.15, 0.2) is 58.6 Å². The average molecular weight is 416 g/mol. The summed E-state index contributed by atoms with van der Waals surface area (Å²) in [4.78, 5) is 17.6. The maximum absolute atomic E-state index is 12.7. The van der Waals surface area contributed by atoms with Crippen LogP contribution in [-0.4, -0.2) is 37.6 Å². The molecular formula is C21H25N3O4S. The van der Waals surface area contributed by atoms with Gasteiger partial charge in [0.2, 0.25) is 10.0 Å². The van der Waals surface area contributed by atoms with E-state index < -0.39 is 21.9 Å². The van der Waals surface area contributed by atoms with Gasteiger partial charge in [0.05, 0.1) is 10.8 Å². The van der Waals surface area contributed by atoms with Crippen molar-refractivity contribution in [3.05, 3.63) is 65.2 Å². The molecule has 8 heteroatoms. The number of benzene rings is 2. The van der Waals surface area contributed by atoms with Gasteiger partial charge in [0.25, 0.3) is 0 Å². The van der Waals surface area contributed by atoms with Gasteiger partial charge in [0.15, 0.2) is 5.84 Å². The standard InChI is InChI=1S/C21H25N3O4S/c1-15-3-7-17(8-4-15)20(22)23-28-21(25)18-11-13-24(14-12-18)29(26,27)19-9-5-16(2)6-10-19/h3-10,18H,11-14H2,1-2H3,(H2,22,23). The van der Waals surface area contributed by atoms with Crippen LogP contribution in [0.4, 0.5) is 0 Å². The molecule has 3 rings (SSSR count). The van der Waals surface area contributed by atoms with E-state index in [1.807, 2.05) is 26.0 Å². The molecule has 2 aromatic carbocycles. The molecule has 29 heavy (non-hydrogen) atoms. The van der Waals surface area contributed by atoms with Gasteiger partial charge in [-0.25, -0.2) is 13.2 Å². The summed E-state index contributed by atoms with van der Waals surface area (Å²) in [6.45, 7) is 4.38. The maximum Gasteiger partial charge on any atom is 0.338 e. The number of nitrogens with two attached hydrogens (primary N) is 1. The fraction of sp³-hybridized carbons (Fsp3) is 0.333. The van der Waals surface area contributed by atoms with Crippen LogP contribution in [-0.2, 0) is 19.7 Å². The highest BCUT2D eigenvalue weighted by Gasteiger charge is 2.33. The Morgan fingerprint density at radius 1 is 1.00 bits per heavy atom. The number of hydrogen-bond donors (Lipinski definition) is 1. The molecule has 1 heterocycles. The maximum atomic E-state index is 12.7. The summed E-state index contributed by atoms with van der Waals surface area (Å²) in [5, 5.41) is 3.74. The largest absolute Gasteiger partial charge is 0.380 e. The second-order valence-corrected chi connectivity index (χ2v) is 9.18. The van der Waals surface area contributed by atoms with E-state index in [0.717, 1.165) is 11.1 Å². The number of carbonyl (C=O) groups is 1. The predicted molar refractivity (Wildman–Crippen MR) is 111 cm³/mol. The van der Waals surface area contributed by atoms with Gasteiger partial charge in [-0.05, 0) is 38.8 Å². The molecule has 0 amide bonds. The SMILES string of the molecule is Cc1ccc(/C(N)=N/OC(=O)C2CCN(S(=O)(=O)c3ccc(C)cc3)CC2)cc1. The van der Waals surface area contributed by atoms with Gasteiger partial charge >= 0.3 is 5.97 Å². The van der Waals surface area contributed by atoms with Gasteiger partial charge in [-0.15, -0.1) is 0 Å². The Balaban J connectivity index is 1.57. The molecule has 0 radical (unpaired) electrons. The van der Waals surface area contributed by atoms with Gasteiger partial charge < -0.3 is 10.6 Å². The highest BCUT2D eigenvalue weighted by atomic mass is 32.2. The van der Waals surface area contributed by atoms with E-state index in [9.17, 15) is 13.2 Å². The molecule has 0 atom stereocenters. The number of piperidine rings is 1. The predicted octanol–water partition coefficient (Wildman–Crippen LogP) is 2.57. The van der Waals surface area contributed by atoms with Crippen molar-refractivity contribution in [2.24, 2.45) is 16.8 Å². The van der Waals surface area contributed by atoms with E-state index in [1.165, 1.54) is 4.31 Å². The van der Waals surface area contributed by atoms with Crippen molar-refractivity contribution in [3.63, 3.8) is 0 Å². The zero-order chi connectivity index (χ0) is 21.0. The van der Waals surface area contributed by atoms with Crippen molar-refractivity contribution < 1.29 is 18.0 Å². The summed E-state index contributed by atoms with van der Waals surface area (Å²) in [7, 11) is -3.56. The minimum Gasteiger partial charge on any atom is -0.380 e. The quantitative estimate of drug-likeness (QED) is 0.350. The molecule has 0 aromatic heterocycles. The molecule has 2 N–H and O–H groups in total. The van der Waals surface area contributed by atoms with Gasteiger partial charge in [-0.3, -0.25) is 0 Å². The van der Waals surface area contributed by atoms with Crippen LogP contribution in [0.3, 0.4) is 0 Å². The van der Waals surface area contributed by atoms with Crippen LogP contribution in [0.2, 0.25) is 0 Å². The van der Waals surface area contributed by atoms with Gasteiger partial charge in [-0.1, -0.05) is 52.7 Å². The molecular weight excluding hydrogens is 390 g/mol. The molecule has 0 unspecified atom stereocenters. The molecule has 0 bridgehead atoms. The molecule has 1 aliphatic rings. The third-order valence-corrected chi connectivity index (χ3v) is 6.94. The molecule has 1 fully saturated rings. The average Bonchev–Trinajstić information content (AvgIpc) is 2.72. The Kier molecular flexibility index (Phi) is 6.34. The Hall–Kier alpha value is -2.71. The van der Waals surface area contributed by atoms with Crippen LogP contribution in [0.5, 0.6) is 0 Å². The van der Waals surface area contributed by atoms with E-state index in [0.29, 0.717) is 18.4 Å². The van der Waals surface area contributed by atoms with Crippen molar-refractivity contribution in [2.45, 2.75) is 31.6 Å². The number of hydrogen-bond acceptors (Lipinski definition) is 5. The number of rotatable bonds is 5. The Bertz CT molecular complexity index is 991. The summed E-state index contributed by atoms with van der Waals surface area (Å²) in [5.74, 6) is -0.779. The molecule has 154 valence electrons. The van der Waals surface area contributed by atoms with E-state index in [1.54, 1.807) is 36.4 Å². The van der Waals surface area contributed by atoms with E-state index in [-0.39, 0.29) is 23.8 Å². The normalized spacial score (nSPS) is 16.6. The zero-order valence-electron chi connectivity index (χ0n) is 16.5. The summed E-state index contributed by atoms with van der Waals surface area (Å²) in [6.07, 6.45) is 0.758. The van der Waals surface area contributed by atoms with Gasteiger partial charge in [0.1, 0.15) is 0 Å². The zero-order valence-corrected chi connectivity index (χ0v) is 17.4. The lowest BCUT2D eigenvalue weighted by molar-refractivity contribution is -0.149. The minimum atomic E-state index is -3.56. The summed E-state index contributed by atoms with van der Waals surface area (Å²) >= 11 is 0. The highest BCUT2D eigenvalue weighted by Crippen LogP contribution is 2.25. The topological polar surface area (TPSA) is 102 Å². The molecule has 0 saturated carbocycles. The van der Waals surface area contributed by atoms with Crippen LogP contribution in [0, 0.1) is 19.8 Å². The molecule has 0 aliphatic carbocycles. The summed E-state index contributed by atoms with van der Waals surface area (Å²) in [5.41, 5.74) is 8.62. The number of oxime groups is 1. The first-order valence-corrected chi connectivity index (χ1v) is 10.9. The van der Waals surface area contributed by atoms with E-state index >= 15 is 0 Å². The number of carbonyl (C=O) groups excluding carboxylic acids is 1. The fourth-order valence-electron chi connectivity index (χ4n) is 3.14. The number of aryl methyl sites for hydroxylation is 2. The smallest absolute Gasteiger partial charge is 0.338 e. The van der Waals surface area contributed by atoms with Gasteiger partial charge in [0, 0.05) is 18.7 Å². The van der Waals surface area contributed by atoms with Crippen molar-refractivity contribution in [3.8, 4) is 0 Å². The second-order valence-electron chi connectivity index (χ2n) is 7.24. The third-order valence-electron chi connectivity index (χ3n) is 5.03. The highest BCUT2D eigenvalue weighted by molar-refractivity contribution is 7.89. The fourth-order valence-corrected chi connectivity index (χ4v) is 4.61. The summed E-state index contributed by atoms with van der Waals surface area (Å²) in [6, 6.07) is 14.1. The molecule has 1 saturated heterocycles. The van der Waals surface area contributed by atoms with E-state index in [2.05, 4.69) is 5.16 Å². The summed E-state index contributed by atoms with van der Waals surface area (Å²) < 4.78 is 26.9. The first-order chi connectivity index (χ1) is 13.8. The van der Waals surface area contributed by atoms with E-state index in [4.69, 9.17) is 10.6 Å². The first-order valence-electron chi connectivity index (χ1n) is 9.45. The molecule has 0 spiro atoms. The number of nitrogens with zero attached hydrogens (tertiary/aromatic N) is 2. The lowest BCUT2D eigenvalue weighted by Gasteiger charge is -2.29. The van der Waals surface area contributed by atoms with Crippen molar-refractivity contribution in [2.75, 3.05) is 13.1 Å². The second kappa shape index (κ2) is 8.75. The van der Waals surface area contributed by atoms with Crippen LogP contribution >= 0.6 is 0 Å². The Labute approximate surface area is 171 Å². The number of amidine groups is 1. The van der Waals surface area contributed by atoms with Crippen molar-refractivity contribution >= 4 is 21.8 Å². The lowest BCUT2D eigenvalue weighted by atomic mass is 9.99. The Morgan fingerprint density at radius 2 is 1.52 bits per heavy atom. The van der Waals surface area contributed by atoms with Crippen LogP contribution in [0.25, 0.3) is 0 Å². The van der Waals surface area contributed by atoms with Crippen LogP contribution < -0.4 is 5.73 Å². The molecule has 2 aromatic rings. The minimum absolute atomic E-state index is 0.123.